The maximum atomic E-state index is 12.6. The zero-order chi connectivity index (χ0) is 14.2. The molecule has 2 aromatic rings. The summed E-state index contributed by atoms with van der Waals surface area (Å²) in [7, 11) is 0. The molecule has 2 nitrogen and oxygen atoms in total. The Kier molecular flexibility index (Phi) is 3.09. The summed E-state index contributed by atoms with van der Waals surface area (Å²) in [5.41, 5.74) is 9.65. The second-order valence-corrected chi connectivity index (χ2v) is 5.79. The summed E-state index contributed by atoms with van der Waals surface area (Å²) in [6.45, 7) is 2.06. The number of nitrogen functional groups attached to an aromatic ring is 1. The molecule has 1 aliphatic rings. The van der Waals surface area contributed by atoms with E-state index in [9.17, 15) is 4.79 Å². The van der Waals surface area contributed by atoms with Crippen molar-refractivity contribution in [2.24, 2.45) is 0 Å². The highest BCUT2D eigenvalue weighted by molar-refractivity contribution is 5.94. The van der Waals surface area contributed by atoms with Crippen molar-refractivity contribution in [1.82, 2.24) is 0 Å². The van der Waals surface area contributed by atoms with Crippen LogP contribution in [0.25, 0.3) is 0 Å². The minimum atomic E-state index is -0.251. The number of benzene rings is 2. The van der Waals surface area contributed by atoms with Crippen molar-refractivity contribution >= 4 is 11.5 Å². The lowest BCUT2D eigenvalue weighted by Gasteiger charge is -2.15. The number of carbonyl (C=O) groups is 1. The van der Waals surface area contributed by atoms with E-state index in [0.717, 1.165) is 29.7 Å². The first kappa shape index (κ1) is 12.9. The Morgan fingerprint density at radius 1 is 1.05 bits per heavy atom. The molecular formula is C18H19NO. The summed E-state index contributed by atoms with van der Waals surface area (Å²) in [5, 5.41) is 0. The molecule has 2 N–H and O–H groups in total. The summed E-state index contributed by atoms with van der Waals surface area (Å²) in [6.07, 6.45) is 2.44. The zero-order valence-corrected chi connectivity index (χ0v) is 11.7. The van der Waals surface area contributed by atoms with Gasteiger partial charge in [-0.05, 0) is 43.0 Å². The van der Waals surface area contributed by atoms with Gasteiger partial charge in [-0.1, -0.05) is 42.0 Å². The molecule has 0 aromatic heterocycles. The largest absolute Gasteiger partial charge is 0.399 e. The summed E-state index contributed by atoms with van der Waals surface area (Å²) < 4.78 is 0. The van der Waals surface area contributed by atoms with Gasteiger partial charge >= 0.3 is 0 Å². The standard InChI is InChI=1S/C18H19NO/c1-13-2-4-14(5-3-13)12-17(20)18(10-11-18)15-6-8-16(19)9-7-15/h2-9H,10-12,19H2,1H3. The lowest BCUT2D eigenvalue weighted by atomic mass is 9.88. The molecule has 0 heterocycles. The van der Waals surface area contributed by atoms with Gasteiger partial charge in [0.2, 0.25) is 0 Å². The molecule has 0 atom stereocenters. The van der Waals surface area contributed by atoms with Crippen molar-refractivity contribution < 1.29 is 4.79 Å². The third-order valence-electron chi connectivity index (χ3n) is 4.23. The van der Waals surface area contributed by atoms with Gasteiger partial charge in [-0.2, -0.15) is 0 Å². The fourth-order valence-corrected chi connectivity index (χ4v) is 2.72. The van der Waals surface area contributed by atoms with Crippen molar-refractivity contribution in [2.45, 2.75) is 31.6 Å². The Labute approximate surface area is 119 Å². The average molecular weight is 265 g/mol. The second-order valence-electron chi connectivity index (χ2n) is 5.79. The smallest absolute Gasteiger partial charge is 0.147 e. The molecule has 0 unspecified atom stereocenters. The molecule has 0 spiro atoms. The van der Waals surface area contributed by atoms with Crippen LogP contribution < -0.4 is 5.73 Å². The third-order valence-corrected chi connectivity index (χ3v) is 4.23. The van der Waals surface area contributed by atoms with Gasteiger partial charge in [0.25, 0.3) is 0 Å². The SMILES string of the molecule is Cc1ccc(CC(=O)C2(c3ccc(N)cc3)CC2)cc1. The van der Waals surface area contributed by atoms with E-state index in [0.29, 0.717) is 12.2 Å². The number of hydrogen-bond acceptors (Lipinski definition) is 2. The van der Waals surface area contributed by atoms with Crippen LogP contribution in [-0.2, 0) is 16.6 Å². The molecule has 0 saturated heterocycles. The number of carbonyl (C=O) groups excluding carboxylic acids is 1. The monoisotopic (exact) mass is 265 g/mol. The average Bonchev–Trinajstić information content (AvgIpc) is 3.24. The normalized spacial score (nSPS) is 15.8. The van der Waals surface area contributed by atoms with Crippen LogP contribution in [0, 0.1) is 6.92 Å². The molecule has 1 aliphatic carbocycles. The number of ketones is 1. The van der Waals surface area contributed by atoms with Gasteiger partial charge in [0, 0.05) is 12.1 Å². The van der Waals surface area contributed by atoms with Crippen molar-refractivity contribution in [3.05, 3.63) is 65.2 Å². The molecular weight excluding hydrogens is 246 g/mol. The Morgan fingerprint density at radius 2 is 1.65 bits per heavy atom. The first-order valence-electron chi connectivity index (χ1n) is 7.05. The second kappa shape index (κ2) is 4.78. The van der Waals surface area contributed by atoms with Crippen LogP contribution in [0.3, 0.4) is 0 Å². The van der Waals surface area contributed by atoms with E-state index >= 15 is 0 Å². The van der Waals surface area contributed by atoms with E-state index < -0.39 is 0 Å². The van der Waals surface area contributed by atoms with E-state index in [1.807, 2.05) is 36.4 Å². The first-order chi connectivity index (χ1) is 9.60. The van der Waals surface area contributed by atoms with Crippen LogP contribution in [0.15, 0.2) is 48.5 Å². The predicted molar refractivity (Wildman–Crippen MR) is 81.7 cm³/mol. The van der Waals surface area contributed by atoms with E-state index in [2.05, 4.69) is 19.1 Å². The van der Waals surface area contributed by atoms with Gasteiger partial charge in [-0.3, -0.25) is 4.79 Å². The Balaban J connectivity index is 1.79. The van der Waals surface area contributed by atoms with Crippen LogP contribution >= 0.6 is 0 Å². The number of Topliss-reactive ketones (excluding diaryl/α,β-unsaturated/α-hetero) is 1. The van der Waals surface area contributed by atoms with E-state index in [-0.39, 0.29) is 5.41 Å². The number of aryl methyl sites for hydroxylation is 1. The van der Waals surface area contributed by atoms with Crippen LogP contribution in [0.5, 0.6) is 0 Å². The van der Waals surface area contributed by atoms with Crippen molar-refractivity contribution in [3.63, 3.8) is 0 Å². The summed E-state index contributed by atoms with van der Waals surface area (Å²) >= 11 is 0. The van der Waals surface area contributed by atoms with E-state index in [1.54, 1.807) is 0 Å². The molecule has 1 saturated carbocycles. The lowest BCUT2D eigenvalue weighted by molar-refractivity contribution is -0.120. The molecule has 2 heteroatoms. The number of nitrogens with two attached hydrogens (primary N) is 1. The van der Waals surface area contributed by atoms with Crippen LogP contribution in [0.4, 0.5) is 5.69 Å². The van der Waals surface area contributed by atoms with Gasteiger partial charge in [0.1, 0.15) is 5.78 Å². The lowest BCUT2D eigenvalue weighted by Crippen LogP contribution is -2.22. The number of anilines is 1. The molecule has 1 fully saturated rings. The Morgan fingerprint density at radius 3 is 2.20 bits per heavy atom. The highest BCUT2D eigenvalue weighted by Gasteiger charge is 2.50. The van der Waals surface area contributed by atoms with Crippen molar-refractivity contribution in [3.8, 4) is 0 Å². The maximum Gasteiger partial charge on any atom is 0.147 e. The molecule has 2 aromatic carbocycles. The molecule has 0 amide bonds. The molecule has 0 aliphatic heterocycles. The van der Waals surface area contributed by atoms with Gasteiger partial charge in [-0.15, -0.1) is 0 Å². The zero-order valence-electron chi connectivity index (χ0n) is 11.7. The van der Waals surface area contributed by atoms with Crippen LogP contribution in [0.1, 0.15) is 29.5 Å². The number of rotatable bonds is 4. The van der Waals surface area contributed by atoms with Gasteiger partial charge in [0.15, 0.2) is 0 Å². The fraction of sp³-hybridized carbons (Fsp3) is 0.278. The summed E-state index contributed by atoms with van der Waals surface area (Å²) in [4.78, 5) is 12.6. The fourth-order valence-electron chi connectivity index (χ4n) is 2.72. The van der Waals surface area contributed by atoms with Crippen LogP contribution in [-0.4, -0.2) is 5.78 Å². The molecule has 0 bridgehead atoms. The Bertz CT molecular complexity index is 621. The molecule has 20 heavy (non-hydrogen) atoms. The third kappa shape index (κ3) is 2.34. The quantitative estimate of drug-likeness (QED) is 0.861. The van der Waals surface area contributed by atoms with Gasteiger partial charge in [0.05, 0.1) is 5.41 Å². The highest BCUT2D eigenvalue weighted by Crippen LogP contribution is 2.49. The van der Waals surface area contributed by atoms with Crippen molar-refractivity contribution in [2.75, 3.05) is 5.73 Å². The highest BCUT2D eigenvalue weighted by atomic mass is 16.1. The topological polar surface area (TPSA) is 43.1 Å². The maximum absolute atomic E-state index is 12.6. The van der Waals surface area contributed by atoms with E-state index in [4.69, 9.17) is 5.73 Å². The first-order valence-corrected chi connectivity index (χ1v) is 7.05. The Hall–Kier alpha value is -2.09. The predicted octanol–water partition coefficient (Wildman–Crippen LogP) is 3.42. The number of hydrogen-bond donors (Lipinski definition) is 1. The van der Waals surface area contributed by atoms with E-state index in [1.165, 1.54) is 5.56 Å². The molecule has 0 radical (unpaired) electrons. The van der Waals surface area contributed by atoms with Gasteiger partial charge in [-0.25, -0.2) is 0 Å². The summed E-state index contributed by atoms with van der Waals surface area (Å²) in [5.74, 6) is 0.325. The van der Waals surface area contributed by atoms with Crippen molar-refractivity contribution in [1.29, 1.82) is 0 Å². The summed E-state index contributed by atoms with van der Waals surface area (Å²) in [6, 6.07) is 16.0. The molecule has 3 rings (SSSR count). The van der Waals surface area contributed by atoms with Crippen LogP contribution in [0.2, 0.25) is 0 Å². The minimum Gasteiger partial charge on any atom is -0.399 e. The molecule has 102 valence electrons. The minimum absolute atomic E-state index is 0.251. The van der Waals surface area contributed by atoms with Gasteiger partial charge < -0.3 is 5.73 Å².